The maximum atomic E-state index is 11.6. The lowest BCUT2D eigenvalue weighted by atomic mass is 10.1. The third-order valence-corrected chi connectivity index (χ3v) is 3.21. The zero-order valence-electron chi connectivity index (χ0n) is 11.3. The van der Waals surface area contributed by atoms with Crippen molar-refractivity contribution >= 4 is 17.6 Å². The Hall–Kier alpha value is -2.04. The maximum absolute atomic E-state index is 11.6. The number of hydrogen-bond acceptors (Lipinski definition) is 2. The number of carbonyl (C=O) groups excluding carboxylic acids is 2. The van der Waals surface area contributed by atoms with Crippen LogP contribution >= 0.6 is 0 Å². The lowest BCUT2D eigenvalue weighted by Gasteiger charge is -2.11. The molecule has 19 heavy (non-hydrogen) atoms. The summed E-state index contributed by atoms with van der Waals surface area (Å²) in [4.78, 5) is 24.7. The highest BCUT2D eigenvalue weighted by molar-refractivity contribution is 6.00. The van der Waals surface area contributed by atoms with Gasteiger partial charge in [0.25, 0.3) is 0 Å². The smallest absolute Gasteiger partial charge is 0.315 e. The summed E-state index contributed by atoms with van der Waals surface area (Å²) in [5.41, 5.74) is 3.00. The Morgan fingerprint density at radius 2 is 2.16 bits per heavy atom. The van der Waals surface area contributed by atoms with Crippen LogP contribution in [0.3, 0.4) is 0 Å². The van der Waals surface area contributed by atoms with Crippen molar-refractivity contribution in [2.45, 2.75) is 26.3 Å². The maximum Gasteiger partial charge on any atom is 0.315 e. The molecule has 0 atom stereocenters. The molecule has 0 radical (unpaired) electrons. The van der Waals surface area contributed by atoms with Gasteiger partial charge in [0.05, 0.1) is 6.42 Å². The summed E-state index contributed by atoms with van der Waals surface area (Å²) in [5.74, 6) is 0.112. The molecule has 0 unspecified atom stereocenters. The minimum absolute atomic E-state index is 0.112. The number of hydrogen-bond donors (Lipinski definition) is 2. The van der Waals surface area contributed by atoms with Crippen LogP contribution in [0.2, 0.25) is 0 Å². The molecule has 5 heteroatoms. The van der Waals surface area contributed by atoms with Crippen LogP contribution in [0.4, 0.5) is 10.5 Å². The first-order valence-corrected chi connectivity index (χ1v) is 6.52. The van der Waals surface area contributed by atoms with Crippen molar-refractivity contribution in [3.8, 4) is 0 Å². The summed E-state index contributed by atoms with van der Waals surface area (Å²) in [6, 6.07) is 5.70. The lowest BCUT2D eigenvalue weighted by molar-refractivity contribution is -0.117. The second-order valence-corrected chi connectivity index (χ2v) is 4.70. The van der Waals surface area contributed by atoms with Gasteiger partial charge in [-0.3, -0.25) is 4.79 Å². The average Bonchev–Trinajstić information content (AvgIpc) is 2.69. The van der Waals surface area contributed by atoms with Crippen molar-refractivity contribution in [2.75, 3.05) is 18.5 Å². The number of fused-ring (bicyclic) bond motifs is 1. The second-order valence-electron chi connectivity index (χ2n) is 4.70. The molecule has 5 nitrogen and oxygen atoms in total. The van der Waals surface area contributed by atoms with Gasteiger partial charge in [-0.25, -0.2) is 4.79 Å². The first-order chi connectivity index (χ1) is 9.11. The molecular formula is C14H19N3O2. The lowest BCUT2D eigenvalue weighted by Crippen LogP contribution is -2.35. The monoisotopic (exact) mass is 261 g/mol. The Balaban J connectivity index is 1.95. The third kappa shape index (κ3) is 3.05. The van der Waals surface area contributed by atoms with Gasteiger partial charge in [-0.05, 0) is 23.6 Å². The highest BCUT2D eigenvalue weighted by atomic mass is 16.2. The van der Waals surface area contributed by atoms with Gasteiger partial charge in [-0.2, -0.15) is 0 Å². The first-order valence-electron chi connectivity index (χ1n) is 6.52. The number of benzene rings is 1. The van der Waals surface area contributed by atoms with Gasteiger partial charge in [0, 0.05) is 25.8 Å². The Labute approximate surface area is 113 Å². The van der Waals surface area contributed by atoms with Crippen molar-refractivity contribution in [3.63, 3.8) is 0 Å². The Bertz CT molecular complexity index is 499. The number of urea groups is 1. The van der Waals surface area contributed by atoms with Crippen LogP contribution in [0.25, 0.3) is 0 Å². The van der Waals surface area contributed by atoms with Crippen molar-refractivity contribution in [1.82, 2.24) is 10.6 Å². The van der Waals surface area contributed by atoms with Crippen molar-refractivity contribution in [1.29, 1.82) is 0 Å². The van der Waals surface area contributed by atoms with Gasteiger partial charge in [0.15, 0.2) is 0 Å². The van der Waals surface area contributed by atoms with Crippen LogP contribution in [-0.2, 0) is 17.8 Å². The minimum atomic E-state index is -0.157. The van der Waals surface area contributed by atoms with E-state index in [-0.39, 0.29) is 11.9 Å². The van der Waals surface area contributed by atoms with Gasteiger partial charge in [0.2, 0.25) is 5.91 Å². The van der Waals surface area contributed by atoms with E-state index in [0.29, 0.717) is 19.5 Å². The van der Waals surface area contributed by atoms with Crippen molar-refractivity contribution in [3.05, 3.63) is 29.3 Å². The average molecular weight is 261 g/mol. The number of likely N-dealkylation sites (N-methyl/N-ethyl adjacent to an activating group) is 1. The number of anilines is 1. The molecule has 3 amide bonds. The number of rotatable bonds is 4. The van der Waals surface area contributed by atoms with Crippen LogP contribution in [0.1, 0.15) is 24.5 Å². The predicted octanol–water partition coefficient (Wildman–Crippen LogP) is 1.41. The molecule has 1 aromatic rings. The zero-order chi connectivity index (χ0) is 13.8. The van der Waals surface area contributed by atoms with E-state index in [2.05, 4.69) is 10.6 Å². The van der Waals surface area contributed by atoms with Crippen LogP contribution in [0.5, 0.6) is 0 Å². The largest absolute Gasteiger partial charge is 0.338 e. The molecule has 0 aromatic heterocycles. The summed E-state index contributed by atoms with van der Waals surface area (Å²) in [6.07, 6.45) is 1.36. The van der Waals surface area contributed by atoms with Crippen LogP contribution in [0.15, 0.2) is 18.2 Å². The zero-order valence-corrected chi connectivity index (χ0v) is 11.3. The first kappa shape index (κ1) is 13.4. The van der Waals surface area contributed by atoms with E-state index >= 15 is 0 Å². The Morgan fingerprint density at radius 1 is 1.37 bits per heavy atom. The molecule has 1 aliphatic rings. The van der Waals surface area contributed by atoms with E-state index in [1.54, 1.807) is 11.9 Å². The number of amides is 3. The number of nitrogens with one attached hydrogen (secondary N) is 2. The van der Waals surface area contributed by atoms with Gasteiger partial charge < -0.3 is 15.5 Å². The summed E-state index contributed by atoms with van der Waals surface area (Å²) in [7, 11) is 1.78. The summed E-state index contributed by atoms with van der Waals surface area (Å²) in [5, 5.41) is 5.56. The Kier molecular flexibility index (Phi) is 4.04. The highest BCUT2D eigenvalue weighted by Crippen LogP contribution is 2.28. The molecule has 0 aliphatic carbocycles. The molecule has 0 saturated heterocycles. The molecule has 0 bridgehead atoms. The van der Waals surface area contributed by atoms with Crippen molar-refractivity contribution in [2.24, 2.45) is 0 Å². The number of nitrogens with zero attached hydrogens (tertiary/aromatic N) is 1. The Morgan fingerprint density at radius 3 is 2.89 bits per heavy atom. The van der Waals surface area contributed by atoms with E-state index in [1.807, 2.05) is 25.1 Å². The van der Waals surface area contributed by atoms with Gasteiger partial charge in [0.1, 0.15) is 0 Å². The topological polar surface area (TPSA) is 61.4 Å². The van der Waals surface area contributed by atoms with Crippen LogP contribution < -0.4 is 15.5 Å². The third-order valence-electron chi connectivity index (χ3n) is 3.21. The van der Waals surface area contributed by atoms with E-state index in [4.69, 9.17) is 0 Å². The van der Waals surface area contributed by atoms with Crippen LogP contribution in [-0.4, -0.2) is 25.5 Å². The standard InChI is InChI=1S/C14H19N3O2/c1-3-6-15-14(19)16-9-10-4-5-12-11(7-10)8-13(18)17(12)2/h4-5,7H,3,6,8-9H2,1-2H3,(H2,15,16,19). The van der Waals surface area contributed by atoms with Gasteiger partial charge >= 0.3 is 6.03 Å². The normalized spacial score (nSPS) is 13.4. The van der Waals surface area contributed by atoms with E-state index in [1.165, 1.54) is 0 Å². The quantitative estimate of drug-likeness (QED) is 0.861. The SMILES string of the molecule is CCCNC(=O)NCc1ccc2c(c1)CC(=O)N2C. The number of carbonyl (C=O) groups is 2. The molecule has 1 heterocycles. The van der Waals surface area contributed by atoms with Gasteiger partial charge in [-0.15, -0.1) is 0 Å². The van der Waals surface area contributed by atoms with Gasteiger partial charge in [-0.1, -0.05) is 19.1 Å². The van der Waals surface area contributed by atoms with E-state index < -0.39 is 0 Å². The van der Waals surface area contributed by atoms with Crippen LogP contribution in [0, 0.1) is 0 Å². The molecular weight excluding hydrogens is 242 g/mol. The fourth-order valence-electron chi connectivity index (χ4n) is 2.12. The predicted molar refractivity (Wildman–Crippen MR) is 74.1 cm³/mol. The molecule has 2 rings (SSSR count). The van der Waals surface area contributed by atoms with E-state index in [9.17, 15) is 9.59 Å². The molecule has 1 aliphatic heterocycles. The fourth-order valence-corrected chi connectivity index (χ4v) is 2.12. The molecule has 2 N–H and O–H groups in total. The summed E-state index contributed by atoms with van der Waals surface area (Å²) in [6.45, 7) is 3.16. The summed E-state index contributed by atoms with van der Waals surface area (Å²) >= 11 is 0. The summed E-state index contributed by atoms with van der Waals surface area (Å²) < 4.78 is 0. The minimum Gasteiger partial charge on any atom is -0.338 e. The molecule has 0 saturated carbocycles. The molecule has 1 aromatic carbocycles. The van der Waals surface area contributed by atoms with Crippen molar-refractivity contribution < 1.29 is 9.59 Å². The molecule has 0 fully saturated rings. The highest BCUT2D eigenvalue weighted by Gasteiger charge is 2.23. The molecule has 0 spiro atoms. The second kappa shape index (κ2) is 5.73. The van der Waals surface area contributed by atoms with E-state index in [0.717, 1.165) is 23.2 Å². The fraction of sp³-hybridized carbons (Fsp3) is 0.429. The molecule has 102 valence electrons.